The summed E-state index contributed by atoms with van der Waals surface area (Å²) in [4.78, 5) is 0. The van der Waals surface area contributed by atoms with Crippen LogP contribution in [-0.2, 0) is 4.46 Å². The highest BCUT2D eigenvalue weighted by molar-refractivity contribution is 5.85. The highest BCUT2D eigenvalue weighted by Gasteiger charge is 1.75. The third-order valence-corrected chi connectivity index (χ3v) is 0.957. The topological polar surface area (TPSA) is 17.1 Å². The summed E-state index contributed by atoms with van der Waals surface area (Å²) in [6, 6.07) is 0. The number of rotatable bonds is 3. The van der Waals surface area contributed by atoms with E-state index in [9.17, 15) is 0 Å². The lowest BCUT2D eigenvalue weighted by atomic mass is 10.2. The van der Waals surface area contributed by atoms with E-state index in [4.69, 9.17) is 4.46 Å². The Balaban J connectivity index is 0. The smallest absolute Gasteiger partial charge is 0.245 e. The zero-order valence-corrected chi connectivity index (χ0v) is 7.36. The summed E-state index contributed by atoms with van der Waals surface area (Å²) in [5.41, 5.74) is 0. The van der Waals surface area contributed by atoms with Gasteiger partial charge in [-0.25, -0.2) is 0 Å². The van der Waals surface area contributed by atoms with Crippen molar-refractivity contribution in [3.63, 3.8) is 0 Å². The van der Waals surface area contributed by atoms with Gasteiger partial charge in [-0.3, -0.25) is 0 Å². The van der Waals surface area contributed by atoms with Crippen LogP contribution in [0, 0.1) is 0 Å². The minimum Gasteiger partial charge on any atom is -0.396 e. The van der Waals surface area contributed by atoms with Gasteiger partial charge in [0.2, 0.25) is 10.1 Å². The zero-order valence-electron chi connectivity index (χ0n) is 5.94. The average molecular weight is 132 g/mol. The van der Waals surface area contributed by atoms with Crippen LogP contribution in [-0.4, -0.2) is 10.1 Å². The van der Waals surface area contributed by atoms with Gasteiger partial charge in [-0.2, -0.15) is 0 Å². The van der Waals surface area contributed by atoms with Crippen LogP contribution >= 0.6 is 0 Å². The highest BCUT2D eigenvalue weighted by atomic mass is 28.1. The lowest BCUT2D eigenvalue weighted by Gasteiger charge is -1.86. The van der Waals surface area contributed by atoms with Crippen LogP contribution in [0.1, 0.15) is 39.5 Å². The van der Waals surface area contributed by atoms with Crippen molar-refractivity contribution in [2.24, 2.45) is 0 Å². The molecular weight excluding hydrogens is 116 g/mol. The van der Waals surface area contributed by atoms with Crippen molar-refractivity contribution < 1.29 is 4.46 Å². The molecule has 50 valence electrons. The van der Waals surface area contributed by atoms with Crippen molar-refractivity contribution in [3.05, 3.63) is 0 Å². The molecule has 0 aromatic heterocycles. The Kier molecular flexibility index (Phi) is 21.5. The summed E-state index contributed by atoms with van der Waals surface area (Å²) in [5.74, 6) is 0. The fraction of sp³-hybridized carbons (Fsp3) is 1.00. The molecule has 0 heterocycles. The van der Waals surface area contributed by atoms with Crippen molar-refractivity contribution in [1.29, 1.82) is 0 Å². The maximum absolute atomic E-state index is 8.28. The molecule has 0 aliphatic carbocycles. The quantitative estimate of drug-likeness (QED) is 0.420. The Bertz CT molecular complexity index is 27.7. The monoisotopic (exact) mass is 132 g/mol. The van der Waals surface area contributed by atoms with Crippen LogP contribution in [0.4, 0.5) is 0 Å². The summed E-state index contributed by atoms with van der Waals surface area (Å²) in [7, 11) is 0.611. The zero-order chi connectivity index (χ0) is 6.83. The molecule has 0 amide bonds. The highest BCUT2D eigenvalue weighted by Crippen LogP contribution is 1.95. The Hall–Kier alpha value is 0.0169. The van der Waals surface area contributed by atoms with Gasteiger partial charge in [0.25, 0.3) is 0 Å². The minimum atomic E-state index is 0.611. The van der Waals surface area contributed by atoms with Gasteiger partial charge >= 0.3 is 0 Å². The van der Waals surface area contributed by atoms with Crippen molar-refractivity contribution in [2.45, 2.75) is 39.5 Å². The molecular formula is C6H16OSi. The summed E-state index contributed by atoms with van der Waals surface area (Å²) in [6.07, 6.45) is 5.54. The first-order valence-corrected chi connectivity index (χ1v) is 3.78. The van der Waals surface area contributed by atoms with E-state index >= 15 is 0 Å². The molecule has 0 fully saturated rings. The predicted molar refractivity (Wildman–Crippen MR) is 39.0 cm³/mol. The molecule has 0 unspecified atom stereocenters. The lowest BCUT2D eigenvalue weighted by molar-refractivity contribution is 0.590. The molecule has 0 bridgehead atoms. The van der Waals surface area contributed by atoms with Crippen LogP contribution in [0.3, 0.4) is 0 Å². The number of hydrogen-bond donors (Lipinski definition) is 0. The Labute approximate surface area is 55.0 Å². The molecule has 0 saturated carbocycles. The molecule has 0 radical (unpaired) electrons. The second-order valence-corrected chi connectivity index (χ2v) is 1.71. The molecule has 0 spiro atoms. The fourth-order valence-corrected chi connectivity index (χ4v) is 0.500. The van der Waals surface area contributed by atoms with Gasteiger partial charge in [0.15, 0.2) is 0 Å². The van der Waals surface area contributed by atoms with Crippen molar-refractivity contribution in [1.82, 2.24) is 0 Å². The van der Waals surface area contributed by atoms with Crippen molar-refractivity contribution in [3.8, 4) is 0 Å². The Morgan fingerprint density at radius 3 is 1.38 bits per heavy atom. The van der Waals surface area contributed by atoms with Crippen LogP contribution < -0.4 is 0 Å². The minimum absolute atomic E-state index is 0.611. The Morgan fingerprint density at radius 2 is 1.25 bits per heavy atom. The van der Waals surface area contributed by atoms with Gasteiger partial charge < -0.3 is 4.46 Å². The van der Waals surface area contributed by atoms with E-state index in [1.165, 1.54) is 25.7 Å². The van der Waals surface area contributed by atoms with Crippen LogP contribution in [0.5, 0.6) is 0 Å². The van der Waals surface area contributed by atoms with E-state index in [0.29, 0.717) is 10.1 Å². The molecule has 0 saturated heterocycles. The first-order chi connectivity index (χ1) is 3.91. The second-order valence-electron chi connectivity index (χ2n) is 1.71. The van der Waals surface area contributed by atoms with Gasteiger partial charge in [0.05, 0.1) is 0 Å². The maximum atomic E-state index is 8.28. The first-order valence-electron chi connectivity index (χ1n) is 3.20. The van der Waals surface area contributed by atoms with E-state index in [2.05, 4.69) is 13.8 Å². The van der Waals surface area contributed by atoms with Crippen molar-refractivity contribution in [2.75, 3.05) is 0 Å². The van der Waals surface area contributed by atoms with E-state index in [1.54, 1.807) is 0 Å². The fourth-order valence-electron chi connectivity index (χ4n) is 0.500. The summed E-state index contributed by atoms with van der Waals surface area (Å²) in [6.45, 7) is 4.46. The summed E-state index contributed by atoms with van der Waals surface area (Å²) in [5, 5.41) is 0. The van der Waals surface area contributed by atoms with E-state index in [0.717, 1.165) is 0 Å². The third-order valence-electron chi connectivity index (χ3n) is 0.957. The maximum Gasteiger partial charge on any atom is 0.245 e. The number of hydrogen-bond acceptors (Lipinski definition) is 1. The van der Waals surface area contributed by atoms with Gasteiger partial charge in [-0.1, -0.05) is 39.5 Å². The van der Waals surface area contributed by atoms with Crippen LogP contribution in [0.2, 0.25) is 0 Å². The third kappa shape index (κ3) is 16.6. The van der Waals surface area contributed by atoms with Crippen LogP contribution in [0.25, 0.3) is 0 Å². The standard InChI is InChI=1S/C6H14.H2OSi/c1-3-5-6-4-2;1-2/h3-6H2,1-2H3;2H2. The van der Waals surface area contributed by atoms with E-state index in [1.807, 2.05) is 0 Å². The van der Waals surface area contributed by atoms with Crippen molar-refractivity contribution >= 4 is 10.1 Å². The van der Waals surface area contributed by atoms with E-state index < -0.39 is 0 Å². The first kappa shape index (κ1) is 10.9. The SMILES string of the molecule is CCCCCC.O=[SiH2]. The normalized spacial score (nSPS) is 7.25. The van der Waals surface area contributed by atoms with Gasteiger partial charge in [-0.15, -0.1) is 0 Å². The second kappa shape index (κ2) is 15.7. The molecule has 1 nitrogen and oxygen atoms in total. The molecule has 0 aromatic carbocycles. The molecule has 2 heteroatoms. The molecule has 0 aromatic rings. The van der Waals surface area contributed by atoms with E-state index in [-0.39, 0.29) is 0 Å². The van der Waals surface area contributed by atoms with Crippen LogP contribution in [0.15, 0.2) is 0 Å². The molecule has 0 aliphatic heterocycles. The van der Waals surface area contributed by atoms with Gasteiger partial charge in [0.1, 0.15) is 0 Å². The summed E-state index contributed by atoms with van der Waals surface area (Å²) >= 11 is 0. The number of unbranched alkanes of at least 4 members (excludes halogenated alkanes) is 3. The Morgan fingerprint density at radius 1 is 1.00 bits per heavy atom. The van der Waals surface area contributed by atoms with Gasteiger partial charge in [-0.05, 0) is 0 Å². The average Bonchev–Trinajstić information content (AvgIpc) is 1.88. The summed E-state index contributed by atoms with van der Waals surface area (Å²) < 4.78 is 8.28. The molecule has 0 atom stereocenters. The lowest BCUT2D eigenvalue weighted by Crippen LogP contribution is -1.66. The molecule has 0 rings (SSSR count). The molecule has 8 heavy (non-hydrogen) atoms. The molecule has 0 N–H and O–H groups in total. The van der Waals surface area contributed by atoms with Gasteiger partial charge in [0, 0.05) is 0 Å². The molecule has 0 aliphatic rings. The predicted octanol–water partition coefficient (Wildman–Crippen LogP) is 1.55. The largest absolute Gasteiger partial charge is 0.396 e.